The highest BCUT2D eigenvalue weighted by Gasteiger charge is 2.17. The van der Waals surface area contributed by atoms with E-state index in [2.05, 4.69) is 34.6 Å². The van der Waals surface area contributed by atoms with Crippen LogP contribution in [0.15, 0.2) is 30.5 Å². The molecule has 2 N–H and O–H groups in total. The number of ether oxygens (including phenoxy) is 1. The average molecular weight is 188 g/mol. The number of H-pyrrole nitrogens is 1. The molecule has 0 unspecified atom stereocenters. The van der Waals surface area contributed by atoms with Crippen molar-refractivity contribution in [3.63, 3.8) is 0 Å². The number of hydrogen-bond acceptors (Lipinski definition) is 2. The highest BCUT2D eigenvalue weighted by atomic mass is 16.5. The summed E-state index contributed by atoms with van der Waals surface area (Å²) in [7, 11) is 0. The molecule has 1 aromatic carbocycles. The number of anilines is 1. The zero-order valence-electron chi connectivity index (χ0n) is 7.79. The summed E-state index contributed by atoms with van der Waals surface area (Å²) in [6, 6.07) is 8.92. The van der Waals surface area contributed by atoms with E-state index in [0.29, 0.717) is 6.04 Å². The number of aromatic amines is 1. The van der Waals surface area contributed by atoms with Crippen LogP contribution in [0.3, 0.4) is 0 Å². The maximum absolute atomic E-state index is 5.11. The molecule has 3 heteroatoms. The Bertz CT molecular complexity index is 445. The SMILES string of the molecule is c1cc2cc(NC3COC3)ccc2[nH]1. The molecule has 14 heavy (non-hydrogen) atoms. The maximum atomic E-state index is 5.11. The van der Waals surface area contributed by atoms with Gasteiger partial charge in [-0.25, -0.2) is 0 Å². The van der Waals surface area contributed by atoms with E-state index in [1.807, 2.05) is 6.20 Å². The molecular weight excluding hydrogens is 176 g/mol. The smallest absolute Gasteiger partial charge is 0.0728 e. The topological polar surface area (TPSA) is 37.0 Å². The Balaban J connectivity index is 1.88. The van der Waals surface area contributed by atoms with Crippen LogP contribution in [0.2, 0.25) is 0 Å². The summed E-state index contributed by atoms with van der Waals surface area (Å²) in [6.07, 6.45) is 1.96. The first kappa shape index (κ1) is 7.88. The van der Waals surface area contributed by atoms with Gasteiger partial charge in [-0.05, 0) is 24.3 Å². The molecule has 2 heterocycles. The maximum Gasteiger partial charge on any atom is 0.0728 e. The zero-order chi connectivity index (χ0) is 9.38. The van der Waals surface area contributed by atoms with Crippen molar-refractivity contribution in [2.24, 2.45) is 0 Å². The first-order chi connectivity index (χ1) is 6.92. The van der Waals surface area contributed by atoms with E-state index < -0.39 is 0 Å². The summed E-state index contributed by atoms with van der Waals surface area (Å²) in [5, 5.41) is 4.67. The second kappa shape index (κ2) is 3.03. The second-order valence-corrected chi connectivity index (χ2v) is 3.66. The van der Waals surface area contributed by atoms with Gasteiger partial charge in [-0.3, -0.25) is 0 Å². The van der Waals surface area contributed by atoms with Gasteiger partial charge in [0.15, 0.2) is 0 Å². The van der Waals surface area contributed by atoms with E-state index in [4.69, 9.17) is 4.74 Å². The third-order valence-corrected chi connectivity index (χ3v) is 2.56. The van der Waals surface area contributed by atoms with Gasteiger partial charge in [0, 0.05) is 22.8 Å². The quantitative estimate of drug-likeness (QED) is 0.756. The minimum atomic E-state index is 0.492. The van der Waals surface area contributed by atoms with Gasteiger partial charge >= 0.3 is 0 Å². The Morgan fingerprint density at radius 1 is 1.29 bits per heavy atom. The summed E-state index contributed by atoms with van der Waals surface area (Å²) >= 11 is 0. The molecule has 3 rings (SSSR count). The van der Waals surface area contributed by atoms with Crippen LogP contribution in [0, 0.1) is 0 Å². The van der Waals surface area contributed by atoms with Crippen molar-refractivity contribution in [3.05, 3.63) is 30.5 Å². The first-order valence-electron chi connectivity index (χ1n) is 4.83. The van der Waals surface area contributed by atoms with E-state index in [1.165, 1.54) is 16.6 Å². The summed E-state index contributed by atoms with van der Waals surface area (Å²) in [5.74, 6) is 0. The summed E-state index contributed by atoms with van der Waals surface area (Å²) < 4.78 is 5.11. The third-order valence-electron chi connectivity index (χ3n) is 2.56. The van der Waals surface area contributed by atoms with E-state index in [-0.39, 0.29) is 0 Å². The Hall–Kier alpha value is -1.48. The van der Waals surface area contributed by atoms with Gasteiger partial charge in [-0.2, -0.15) is 0 Å². The minimum absolute atomic E-state index is 0.492. The van der Waals surface area contributed by atoms with Gasteiger partial charge in [-0.1, -0.05) is 0 Å². The lowest BCUT2D eigenvalue weighted by molar-refractivity contribution is 0.0211. The van der Waals surface area contributed by atoms with E-state index >= 15 is 0 Å². The summed E-state index contributed by atoms with van der Waals surface area (Å²) in [4.78, 5) is 3.18. The molecule has 2 aromatic rings. The average Bonchev–Trinajstić information content (AvgIpc) is 2.58. The third kappa shape index (κ3) is 1.26. The number of fused-ring (bicyclic) bond motifs is 1. The molecule has 0 spiro atoms. The predicted octanol–water partition coefficient (Wildman–Crippen LogP) is 1.98. The lowest BCUT2D eigenvalue weighted by Gasteiger charge is -2.27. The fourth-order valence-electron chi connectivity index (χ4n) is 1.70. The Morgan fingerprint density at radius 3 is 3.00 bits per heavy atom. The molecule has 0 amide bonds. The van der Waals surface area contributed by atoms with Crippen LogP contribution >= 0.6 is 0 Å². The van der Waals surface area contributed by atoms with Crippen LogP contribution in [-0.2, 0) is 4.74 Å². The van der Waals surface area contributed by atoms with Crippen molar-refractivity contribution in [1.29, 1.82) is 0 Å². The molecule has 1 aliphatic rings. The van der Waals surface area contributed by atoms with Crippen molar-refractivity contribution in [2.75, 3.05) is 18.5 Å². The lowest BCUT2D eigenvalue weighted by atomic mass is 10.2. The van der Waals surface area contributed by atoms with Gasteiger partial charge in [0.1, 0.15) is 0 Å². The fourth-order valence-corrected chi connectivity index (χ4v) is 1.70. The first-order valence-corrected chi connectivity index (χ1v) is 4.83. The van der Waals surface area contributed by atoms with Crippen molar-refractivity contribution < 1.29 is 4.74 Å². The number of rotatable bonds is 2. The van der Waals surface area contributed by atoms with E-state index in [1.54, 1.807) is 0 Å². The fraction of sp³-hybridized carbons (Fsp3) is 0.273. The van der Waals surface area contributed by atoms with E-state index in [0.717, 1.165) is 13.2 Å². The molecule has 0 saturated carbocycles. The van der Waals surface area contributed by atoms with Crippen LogP contribution in [0.5, 0.6) is 0 Å². The molecule has 0 aliphatic carbocycles. The predicted molar refractivity (Wildman–Crippen MR) is 56.5 cm³/mol. The van der Waals surface area contributed by atoms with Gasteiger partial charge in [0.25, 0.3) is 0 Å². The lowest BCUT2D eigenvalue weighted by Crippen LogP contribution is -2.40. The van der Waals surface area contributed by atoms with Crippen LogP contribution < -0.4 is 5.32 Å². The second-order valence-electron chi connectivity index (χ2n) is 3.66. The molecule has 1 aromatic heterocycles. The Morgan fingerprint density at radius 2 is 2.21 bits per heavy atom. The number of hydrogen-bond donors (Lipinski definition) is 2. The molecule has 0 atom stereocenters. The molecule has 1 saturated heterocycles. The Kier molecular flexibility index (Phi) is 1.70. The van der Waals surface area contributed by atoms with Crippen molar-refractivity contribution in [3.8, 4) is 0 Å². The standard InChI is InChI=1S/C11H12N2O/c1-2-11-8(3-4-12-11)5-9(1)13-10-6-14-7-10/h1-5,10,12-13H,6-7H2. The monoisotopic (exact) mass is 188 g/mol. The molecule has 3 nitrogen and oxygen atoms in total. The zero-order valence-corrected chi connectivity index (χ0v) is 7.79. The van der Waals surface area contributed by atoms with Crippen molar-refractivity contribution in [1.82, 2.24) is 4.98 Å². The molecule has 0 radical (unpaired) electrons. The number of nitrogens with one attached hydrogen (secondary N) is 2. The highest BCUT2D eigenvalue weighted by Crippen LogP contribution is 2.19. The minimum Gasteiger partial charge on any atom is -0.378 e. The molecule has 0 bridgehead atoms. The highest BCUT2D eigenvalue weighted by molar-refractivity contribution is 5.83. The molecule has 1 fully saturated rings. The van der Waals surface area contributed by atoms with Gasteiger partial charge in [0.05, 0.1) is 19.3 Å². The van der Waals surface area contributed by atoms with E-state index in [9.17, 15) is 0 Å². The largest absolute Gasteiger partial charge is 0.378 e. The normalized spacial score (nSPS) is 16.9. The van der Waals surface area contributed by atoms with Gasteiger partial charge in [0.2, 0.25) is 0 Å². The molecule has 72 valence electrons. The van der Waals surface area contributed by atoms with Crippen LogP contribution in [0.25, 0.3) is 10.9 Å². The van der Waals surface area contributed by atoms with Crippen molar-refractivity contribution in [2.45, 2.75) is 6.04 Å². The Labute approximate surface area is 82.1 Å². The number of aromatic nitrogens is 1. The summed E-state index contributed by atoms with van der Waals surface area (Å²) in [6.45, 7) is 1.65. The van der Waals surface area contributed by atoms with Crippen LogP contribution in [0.4, 0.5) is 5.69 Å². The van der Waals surface area contributed by atoms with Gasteiger partial charge in [-0.15, -0.1) is 0 Å². The van der Waals surface area contributed by atoms with Gasteiger partial charge < -0.3 is 15.0 Å². The van der Waals surface area contributed by atoms with Crippen LogP contribution in [-0.4, -0.2) is 24.2 Å². The number of benzene rings is 1. The molecule has 1 aliphatic heterocycles. The van der Waals surface area contributed by atoms with Crippen LogP contribution in [0.1, 0.15) is 0 Å². The summed E-state index contributed by atoms with van der Waals surface area (Å²) in [5.41, 5.74) is 2.35. The van der Waals surface area contributed by atoms with Crippen molar-refractivity contribution >= 4 is 16.6 Å². The molecular formula is C11H12N2O.